The minimum absolute atomic E-state index is 0.714. The molecule has 0 saturated heterocycles. The molecule has 0 unspecified atom stereocenters. The van der Waals surface area contributed by atoms with Crippen LogP contribution in [0, 0.1) is 12.1 Å². The Morgan fingerprint density at radius 2 is 1.58 bits per heavy atom. The Labute approximate surface area is 191 Å². The molecule has 0 amide bonds. The summed E-state index contributed by atoms with van der Waals surface area (Å²) in [7, 11) is 0. The summed E-state index contributed by atoms with van der Waals surface area (Å²) in [5.41, 5.74) is 8.62. The van der Waals surface area contributed by atoms with E-state index in [2.05, 4.69) is 76.6 Å². The first-order chi connectivity index (χ1) is 16.3. The van der Waals surface area contributed by atoms with Crippen LogP contribution in [-0.4, -0.2) is 4.98 Å². The molecule has 0 spiro atoms. The van der Waals surface area contributed by atoms with Gasteiger partial charge >= 0.3 is 0 Å². The van der Waals surface area contributed by atoms with E-state index in [0.717, 1.165) is 50.1 Å². The van der Waals surface area contributed by atoms with Crippen LogP contribution in [0.1, 0.15) is 5.56 Å². The van der Waals surface area contributed by atoms with Crippen molar-refractivity contribution in [1.29, 1.82) is 0 Å². The molecule has 3 heteroatoms. The van der Waals surface area contributed by atoms with E-state index in [1.165, 1.54) is 11.1 Å². The third-order valence-electron chi connectivity index (χ3n) is 6.38. The summed E-state index contributed by atoms with van der Waals surface area (Å²) >= 11 is 0. The first-order valence-corrected chi connectivity index (χ1v) is 11.0. The van der Waals surface area contributed by atoms with Gasteiger partial charge in [-0.25, -0.2) is 4.98 Å². The highest BCUT2D eigenvalue weighted by Crippen LogP contribution is 2.42. The zero-order valence-electron chi connectivity index (χ0n) is 17.7. The summed E-state index contributed by atoms with van der Waals surface area (Å²) in [6.07, 6.45) is 1.84. The molecule has 33 heavy (non-hydrogen) atoms. The first kappa shape index (κ1) is 18.1. The summed E-state index contributed by atoms with van der Waals surface area (Å²) in [4.78, 5) is 6.82. The van der Waals surface area contributed by atoms with Gasteiger partial charge in [0.1, 0.15) is 17.0 Å². The molecule has 0 saturated carbocycles. The van der Waals surface area contributed by atoms with Gasteiger partial charge in [-0.1, -0.05) is 54.6 Å². The smallest absolute Gasteiger partial charge is 0.135 e. The topological polar surface area (TPSA) is 29.3 Å². The van der Waals surface area contributed by atoms with Crippen molar-refractivity contribution in [2.24, 2.45) is 0 Å². The molecule has 3 nitrogen and oxygen atoms in total. The normalized spacial score (nSPS) is 12.4. The molecule has 0 bridgehead atoms. The second kappa shape index (κ2) is 6.98. The van der Waals surface area contributed by atoms with Crippen molar-refractivity contribution in [2.45, 2.75) is 6.54 Å². The standard InChI is InChI=1S/C30H18N2O/c1-3-9-27-23(7-1)25-17-20(12-13-22(25)19-32(27)30-11-5-6-16-31-30)21-14-15-29-26(18-21)24-8-2-4-10-28(24)33-29/h1-11,14-18H,19H2. The Morgan fingerprint density at radius 3 is 2.52 bits per heavy atom. The number of hydrogen-bond acceptors (Lipinski definition) is 3. The molecular weight excluding hydrogens is 404 g/mol. The lowest BCUT2D eigenvalue weighted by Crippen LogP contribution is -2.22. The van der Waals surface area contributed by atoms with Crippen molar-refractivity contribution < 1.29 is 4.42 Å². The van der Waals surface area contributed by atoms with Gasteiger partial charge in [-0.15, -0.1) is 0 Å². The molecule has 4 aromatic carbocycles. The largest absolute Gasteiger partial charge is 0.456 e. The number of benzene rings is 3. The number of anilines is 2. The van der Waals surface area contributed by atoms with Gasteiger partial charge in [-0.05, 0) is 59.7 Å². The third-order valence-corrected chi connectivity index (χ3v) is 6.38. The summed E-state index contributed by atoms with van der Waals surface area (Å²) in [6.45, 7) is 0.714. The van der Waals surface area contributed by atoms with Crippen LogP contribution in [-0.2, 0) is 6.54 Å². The van der Waals surface area contributed by atoms with Crippen LogP contribution < -0.4 is 4.90 Å². The molecular formula is C30H18N2O. The van der Waals surface area contributed by atoms with Gasteiger partial charge in [0, 0.05) is 33.7 Å². The van der Waals surface area contributed by atoms with E-state index in [4.69, 9.17) is 4.42 Å². The zero-order valence-corrected chi connectivity index (χ0v) is 17.7. The highest BCUT2D eigenvalue weighted by atomic mass is 16.3. The van der Waals surface area contributed by atoms with E-state index in [9.17, 15) is 0 Å². The third kappa shape index (κ3) is 2.82. The molecule has 0 radical (unpaired) electrons. The summed E-state index contributed by atoms with van der Waals surface area (Å²) < 4.78 is 6.00. The van der Waals surface area contributed by atoms with E-state index >= 15 is 0 Å². The fourth-order valence-corrected chi connectivity index (χ4v) is 4.79. The van der Waals surface area contributed by atoms with E-state index in [1.54, 1.807) is 0 Å². The maximum atomic E-state index is 6.00. The summed E-state index contributed by atoms with van der Waals surface area (Å²) in [6, 6.07) is 38.2. The highest BCUT2D eigenvalue weighted by Gasteiger charge is 2.24. The van der Waals surface area contributed by atoms with Crippen LogP contribution in [0.2, 0.25) is 0 Å². The molecule has 0 fully saturated rings. The van der Waals surface area contributed by atoms with Crippen molar-refractivity contribution in [1.82, 2.24) is 4.98 Å². The van der Waals surface area contributed by atoms with Crippen LogP contribution in [0.15, 0.2) is 102 Å². The van der Waals surface area contributed by atoms with Crippen LogP contribution in [0.25, 0.3) is 44.2 Å². The Balaban J connectivity index is 1.37. The number of hydrogen-bond donors (Lipinski definition) is 0. The second-order valence-electron chi connectivity index (χ2n) is 8.30. The van der Waals surface area contributed by atoms with Gasteiger partial charge in [-0.3, -0.25) is 0 Å². The lowest BCUT2D eigenvalue weighted by atomic mass is 9.91. The number of para-hydroxylation sites is 2. The number of nitrogens with zero attached hydrogens (tertiary/aromatic N) is 2. The molecule has 0 atom stereocenters. The van der Waals surface area contributed by atoms with Crippen LogP contribution in [0.4, 0.5) is 11.5 Å². The van der Waals surface area contributed by atoms with Gasteiger partial charge in [0.05, 0.1) is 12.2 Å². The average Bonchev–Trinajstić information content (AvgIpc) is 3.26. The fraction of sp³-hybridized carbons (Fsp3) is 0.0333. The van der Waals surface area contributed by atoms with Gasteiger partial charge in [0.2, 0.25) is 0 Å². The maximum absolute atomic E-state index is 6.00. The van der Waals surface area contributed by atoms with Crippen molar-refractivity contribution >= 4 is 33.4 Å². The van der Waals surface area contributed by atoms with Crippen molar-refractivity contribution in [2.75, 3.05) is 4.90 Å². The average molecular weight is 422 g/mol. The van der Waals surface area contributed by atoms with Gasteiger partial charge < -0.3 is 9.32 Å². The van der Waals surface area contributed by atoms with Crippen LogP contribution >= 0.6 is 0 Å². The van der Waals surface area contributed by atoms with Crippen molar-refractivity contribution in [3.05, 3.63) is 115 Å². The van der Waals surface area contributed by atoms with Crippen molar-refractivity contribution in [3.63, 3.8) is 0 Å². The number of aromatic nitrogens is 1. The summed E-state index contributed by atoms with van der Waals surface area (Å²) in [5.74, 6) is 0.936. The Kier molecular flexibility index (Phi) is 3.82. The Bertz CT molecular complexity index is 1650. The number of pyridine rings is 1. The molecule has 1 aliphatic rings. The minimum atomic E-state index is 0.714. The molecule has 1 aliphatic heterocycles. The molecule has 0 N–H and O–H groups in total. The van der Waals surface area contributed by atoms with E-state index < -0.39 is 0 Å². The summed E-state index contributed by atoms with van der Waals surface area (Å²) in [5, 5.41) is 2.25. The molecule has 6 aromatic rings. The monoisotopic (exact) mass is 422 g/mol. The predicted molar refractivity (Wildman–Crippen MR) is 132 cm³/mol. The molecule has 7 rings (SSSR count). The number of furan rings is 1. The predicted octanol–water partition coefficient (Wildman–Crippen LogP) is 7.57. The molecule has 154 valence electrons. The lowest BCUT2D eigenvalue weighted by Gasteiger charge is -2.31. The first-order valence-electron chi connectivity index (χ1n) is 11.0. The quantitative estimate of drug-likeness (QED) is 0.288. The van der Waals surface area contributed by atoms with Gasteiger partial charge in [-0.2, -0.15) is 0 Å². The zero-order chi connectivity index (χ0) is 21.8. The van der Waals surface area contributed by atoms with E-state index in [-0.39, 0.29) is 0 Å². The minimum Gasteiger partial charge on any atom is -0.456 e. The van der Waals surface area contributed by atoms with E-state index in [1.807, 2.05) is 42.6 Å². The lowest BCUT2D eigenvalue weighted by molar-refractivity contribution is 0.669. The van der Waals surface area contributed by atoms with Gasteiger partial charge in [0.15, 0.2) is 0 Å². The SMILES string of the molecule is c1c(-c2ccc3oc4ccccc4c3c2)cc2c(c#1)CN(c1ccccn1)c1ccccc1-2. The van der Waals surface area contributed by atoms with Gasteiger partial charge in [0.25, 0.3) is 0 Å². The molecule has 0 aliphatic carbocycles. The van der Waals surface area contributed by atoms with E-state index in [0.29, 0.717) is 6.54 Å². The molecule has 3 heterocycles. The Hall–Kier alpha value is -4.55. The Morgan fingerprint density at radius 1 is 0.727 bits per heavy atom. The van der Waals surface area contributed by atoms with Crippen LogP contribution in [0.5, 0.6) is 0 Å². The maximum Gasteiger partial charge on any atom is 0.135 e. The van der Waals surface area contributed by atoms with Crippen molar-refractivity contribution in [3.8, 4) is 22.3 Å². The number of fused-ring (bicyclic) bond motifs is 6. The van der Waals surface area contributed by atoms with Crippen LogP contribution in [0.3, 0.4) is 0 Å². The molecule has 2 aromatic heterocycles. The fourth-order valence-electron chi connectivity index (χ4n) is 4.79. The number of rotatable bonds is 2. The highest BCUT2D eigenvalue weighted by molar-refractivity contribution is 6.06. The second-order valence-corrected chi connectivity index (χ2v) is 8.30.